The monoisotopic (exact) mass is 272 g/mol. The van der Waals surface area contributed by atoms with E-state index in [-0.39, 0.29) is 0 Å². The van der Waals surface area contributed by atoms with Gasteiger partial charge in [-0.2, -0.15) is 0 Å². The lowest BCUT2D eigenvalue weighted by molar-refractivity contribution is 0.443. The Morgan fingerprint density at radius 3 is 1.88 bits per heavy atom. The third kappa shape index (κ3) is 2.98. The SMILES string of the molecule is Fc1cc(Sc2ccc(S)cc2)cc(F)c1F. The molecule has 0 aromatic heterocycles. The van der Waals surface area contributed by atoms with Crippen molar-refractivity contribution >= 4 is 24.4 Å². The lowest BCUT2D eigenvalue weighted by Gasteiger charge is -2.03. The van der Waals surface area contributed by atoms with Gasteiger partial charge >= 0.3 is 0 Å². The van der Waals surface area contributed by atoms with Crippen molar-refractivity contribution in [3.05, 3.63) is 53.8 Å². The molecule has 2 aromatic rings. The summed E-state index contributed by atoms with van der Waals surface area (Å²) in [6.45, 7) is 0. The molecule has 0 N–H and O–H groups in total. The molecular formula is C12H7F3S2. The van der Waals surface area contributed by atoms with Crippen molar-refractivity contribution in [2.24, 2.45) is 0 Å². The Kier molecular flexibility index (Phi) is 3.69. The maximum absolute atomic E-state index is 13.0. The van der Waals surface area contributed by atoms with Crippen LogP contribution in [0.15, 0.2) is 51.1 Å². The van der Waals surface area contributed by atoms with Crippen molar-refractivity contribution in [1.82, 2.24) is 0 Å². The van der Waals surface area contributed by atoms with Gasteiger partial charge in [0, 0.05) is 14.7 Å². The third-order valence-corrected chi connectivity index (χ3v) is 3.31. The summed E-state index contributed by atoms with van der Waals surface area (Å²) in [5.74, 6) is -3.81. The molecule has 2 aromatic carbocycles. The van der Waals surface area contributed by atoms with E-state index < -0.39 is 17.5 Å². The van der Waals surface area contributed by atoms with Crippen molar-refractivity contribution < 1.29 is 13.2 Å². The van der Waals surface area contributed by atoms with Crippen LogP contribution in [-0.2, 0) is 0 Å². The van der Waals surface area contributed by atoms with Gasteiger partial charge in [0.1, 0.15) is 0 Å². The smallest absolute Gasteiger partial charge is 0.194 e. The molecule has 0 aliphatic heterocycles. The maximum atomic E-state index is 13.0. The summed E-state index contributed by atoms with van der Waals surface area (Å²) >= 11 is 5.28. The molecule has 5 heteroatoms. The van der Waals surface area contributed by atoms with Crippen LogP contribution in [0.3, 0.4) is 0 Å². The van der Waals surface area contributed by atoms with E-state index in [1.165, 1.54) is 0 Å². The predicted molar refractivity (Wildman–Crippen MR) is 64.1 cm³/mol. The van der Waals surface area contributed by atoms with Crippen LogP contribution in [-0.4, -0.2) is 0 Å². The zero-order chi connectivity index (χ0) is 12.4. The van der Waals surface area contributed by atoms with Gasteiger partial charge in [0.15, 0.2) is 17.5 Å². The van der Waals surface area contributed by atoms with Crippen LogP contribution in [0.25, 0.3) is 0 Å². The number of hydrogen-bond acceptors (Lipinski definition) is 2. The number of halogens is 3. The van der Waals surface area contributed by atoms with E-state index in [4.69, 9.17) is 0 Å². The van der Waals surface area contributed by atoms with Crippen LogP contribution in [0.1, 0.15) is 0 Å². The quantitative estimate of drug-likeness (QED) is 0.618. The van der Waals surface area contributed by atoms with E-state index in [9.17, 15) is 13.2 Å². The molecule has 0 amide bonds. The second kappa shape index (κ2) is 5.06. The lowest BCUT2D eigenvalue weighted by atomic mass is 10.3. The molecule has 0 fully saturated rings. The topological polar surface area (TPSA) is 0 Å². The van der Waals surface area contributed by atoms with Gasteiger partial charge < -0.3 is 0 Å². The minimum absolute atomic E-state index is 0.313. The largest absolute Gasteiger partial charge is 0.204 e. The van der Waals surface area contributed by atoms with Crippen molar-refractivity contribution in [2.75, 3.05) is 0 Å². The van der Waals surface area contributed by atoms with Crippen LogP contribution >= 0.6 is 24.4 Å². The first-order valence-corrected chi connectivity index (χ1v) is 5.94. The van der Waals surface area contributed by atoms with Gasteiger partial charge in [-0.3, -0.25) is 0 Å². The minimum atomic E-state index is -1.44. The average Bonchev–Trinajstić information content (AvgIpc) is 2.29. The molecule has 0 bridgehead atoms. The second-order valence-corrected chi connectivity index (χ2v) is 4.96. The van der Waals surface area contributed by atoms with Gasteiger partial charge in [-0.1, -0.05) is 11.8 Å². The molecule has 0 nitrogen and oxygen atoms in total. The molecule has 0 unspecified atom stereocenters. The highest BCUT2D eigenvalue weighted by Crippen LogP contribution is 2.30. The molecule has 17 heavy (non-hydrogen) atoms. The van der Waals surface area contributed by atoms with Crippen LogP contribution in [0.4, 0.5) is 13.2 Å². The number of thiol groups is 1. The summed E-state index contributed by atoms with van der Waals surface area (Å²) < 4.78 is 38.7. The van der Waals surface area contributed by atoms with E-state index in [0.29, 0.717) is 4.90 Å². The average molecular weight is 272 g/mol. The Morgan fingerprint density at radius 1 is 0.824 bits per heavy atom. The first-order valence-electron chi connectivity index (χ1n) is 4.67. The zero-order valence-electron chi connectivity index (χ0n) is 8.45. The fourth-order valence-electron chi connectivity index (χ4n) is 1.24. The van der Waals surface area contributed by atoms with Crippen LogP contribution in [0, 0.1) is 17.5 Å². The number of benzene rings is 2. The van der Waals surface area contributed by atoms with Gasteiger partial charge in [0.25, 0.3) is 0 Å². The van der Waals surface area contributed by atoms with E-state index in [2.05, 4.69) is 12.6 Å². The standard InChI is InChI=1S/C12H7F3S2/c13-10-5-9(6-11(14)12(10)15)17-8-3-1-7(16)2-4-8/h1-6,16H. The van der Waals surface area contributed by atoms with Gasteiger partial charge in [0.2, 0.25) is 0 Å². The van der Waals surface area contributed by atoms with Crippen molar-refractivity contribution in [2.45, 2.75) is 14.7 Å². The van der Waals surface area contributed by atoms with Gasteiger partial charge in [-0.15, -0.1) is 12.6 Å². The summed E-state index contributed by atoms with van der Waals surface area (Å²) in [5, 5.41) is 0. The normalized spacial score (nSPS) is 10.6. The van der Waals surface area contributed by atoms with E-state index >= 15 is 0 Å². The Balaban J connectivity index is 2.27. The predicted octanol–water partition coefficient (Wildman–Crippen LogP) is 4.54. The van der Waals surface area contributed by atoms with Crippen molar-refractivity contribution in [1.29, 1.82) is 0 Å². The van der Waals surface area contributed by atoms with E-state index in [1.54, 1.807) is 24.3 Å². The van der Waals surface area contributed by atoms with Crippen LogP contribution in [0.5, 0.6) is 0 Å². The maximum Gasteiger partial charge on any atom is 0.194 e. The van der Waals surface area contributed by atoms with Crippen LogP contribution in [0.2, 0.25) is 0 Å². The molecule has 0 saturated carbocycles. The van der Waals surface area contributed by atoms with Gasteiger partial charge in [-0.05, 0) is 36.4 Å². The van der Waals surface area contributed by atoms with Gasteiger partial charge in [0.05, 0.1) is 0 Å². The molecule has 0 atom stereocenters. The summed E-state index contributed by atoms with van der Waals surface area (Å²) in [6.07, 6.45) is 0. The first kappa shape index (κ1) is 12.4. The highest BCUT2D eigenvalue weighted by Gasteiger charge is 2.11. The van der Waals surface area contributed by atoms with E-state index in [0.717, 1.165) is 33.7 Å². The van der Waals surface area contributed by atoms with Crippen molar-refractivity contribution in [3.63, 3.8) is 0 Å². The Hall–Kier alpha value is -1.07. The summed E-state index contributed by atoms with van der Waals surface area (Å²) in [7, 11) is 0. The summed E-state index contributed by atoms with van der Waals surface area (Å²) in [5.41, 5.74) is 0. The Morgan fingerprint density at radius 2 is 1.35 bits per heavy atom. The van der Waals surface area contributed by atoms with E-state index in [1.807, 2.05) is 0 Å². The molecule has 2 rings (SSSR count). The molecule has 0 spiro atoms. The third-order valence-electron chi connectivity index (χ3n) is 2.03. The lowest BCUT2D eigenvalue weighted by Crippen LogP contribution is -1.90. The Bertz CT molecular complexity index is 515. The fraction of sp³-hybridized carbons (Fsp3) is 0. The second-order valence-electron chi connectivity index (χ2n) is 3.30. The molecule has 0 heterocycles. The fourth-order valence-corrected chi connectivity index (χ4v) is 2.26. The molecular weight excluding hydrogens is 265 g/mol. The highest BCUT2D eigenvalue weighted by molar-refractivity contribution is 7.99. The number of rotatable bonds is 2. The summed E-state index contributed by atoms with van der Waals surface area (Å²) in [6, 6.07) is 9.01. The minimum Gasteiger partial charge on any atom is -0.204 e. The Labute approximate surface area is 106 Å². The first-order chi connectivity index (χ1) is 8.06. The molecule has 0 saturated heterocycles. The zero-order valence-corrected chi connectivity index (χ0v) is 10.2. The van der Waals surface area contributed by atoms with Crippen LogP contribution < -0.4 is 0 Å². The molecule has 88 valence electrons. The van der Waals surface area contributed by atoms with Gasteiger partial charge in [-0.25, -0.2) is 13.2 Å². The highest BCUT2D eigenvalue weighted by atomic mass is 32.2. The molecule has 0 aliphatic carbocycles. The molecule has 0 aliphatic rings. The summed E-state index contributed by atoms with van der Waals surface area (Å²) in [4.78, 5) is 1.91. The molecule has 0 radical (unpaired) electrons. The number of hydrogen-bond donors (Lipinski definition) is 1. The van der Waals surface area contributed by atoms with Crippen molar-refractivity contribution in [3.8, 4) is 0 Å².